The minimum atomic E-state index is -0.800. The third kappa shape index (κ3) is 6.56. The molecule has 0 aliphatic rings. The lowest BCUT2D eigenvalue weighted by atomic mass is 10.1. The fourth-order valence-electron chi connectivity index (χ4n) is 3.86. The molecule has 1 aromatic heterocycles. The highest BCUT2D eigenvalue weighted by molar-refractivity contribution is 5.97. The van der Waals surface area contributed by atoms with E-state index in [2.05, 4.69) is 5.32 Å². The summed E-state index contributed by atoms with van der Waals surface area (Å²) in [5, 5.41) is 3.22. The van der Waals surface area contributed by atoms with Crippen LogP contribution in [-0.4, -0.2) is 31.7 Å². The van der Waals surface area contributed by atoms with Crippen molar-refractivity contribution in [1.29, 1.82) is 0 Å². The van der Waals surface area contributed by atoms with Gasteiger partial charge in [0, 0.05) is 18.0 Å². The first kappa shape index (κ1) is 27.3. The fourth-order valence-corrected chi connectivity index (χ4v) is 3.86. The van der Waals surface area contributed by atoms with Gasteiger partial charge in [0.05, 0.1) is 25.4 Å². The van der Waals surface area contributed by atoms with Crippen molar-refractivity contribution in [3.8, 4) is 23.0 Å². The smallest absolute Gasteiger partial charge is 0.349 e. The van der Waals surface area contributed by atoms with E-state index < -0.39 is 17.5 Å². The Balaban J connectivity index is 1.55. The van der Waals surface area contributed by atoms with Crippen molar-refractivity contribution in [2.45, 2.75) is 27.3 Å². The van der Waals surface area contributed by atoms with Crippen molar-refractivity contribution in [3.05, 3.63) is 93.8 Å². The van der Waals surface area contributed by atoms with E-state index in [1.807, 2.05) is 51.1 Å². The summed E-state index contributed by atoms with van der Waals surface area (Å²) >= 11 is 0. The second-order valence-corrected chi connectivity index (χ2v) is 8.31. The second-order valence-electron chi connectivity index (χ2n) is 8.31. The molecule has 0 atom stereocenters. The molecule has 0 saturated heterocycles. The third-order valence-corrected chi connectivity index (χ3v) is 5.60. The number of benzene rings is 3. The van der Waals surface area contributed by atoms with E-state index in [4.69, 9.17) is 23.4 Å². The molecule has 1 N–H and O–H groups in total. The zero-order valence-corrected chi connectivity index (χ0v) is 21.9. The Morgan fingerprint density at radius 2 is 1.49 bits per heavy atom. The van der Waals surface area contributed by atoms with Gasteiger partial charge in [0.15, 0.2) is 11.5 Å². The Labute approximate surface area is 225 Å². The van der Waals surface area contributed by atoms with E-state index in [0.717, 1.165) is 5.56 Å². The lowest BCUT2D eigenvalue weighted by molar-refractivity contribution is 0.0733. The van der Waals surface area contributed by atoms with Gasteiger partial charge in [-0.3, -0.25) is 4.79 Å². The minimum absolute atomic E-state index is 0.121. The summed E-state index contributed by atoms with van der Waals surface area (Å²) in [7, 11) is 0. The van der Waals surface area contributed by atoms with Gasteiger partial charge in [-0.1, -0.05) is 30.3 Å². The van der Waals surface area contributed by atoms with Crippen LogP contribution in [0.4, 0.5) is 0 Å². The lowest BCUT2D eigenvalue weighted by Crippen LogP contribution is -2.27. The molecule has 0 aliphatic heterocycles. The molecule has 0 spiro atoms. The molecule has 9 nitrogen and oxygen atoms in total. The molecule has 0 unspecified atom stereocenters. The third-order valence-electron chi connectivity index (χ3n) is 5.60. The molecule has 1 amide bonds. The van der Waals surface area contributed by atoms with Crippen LogP contribution in [-0.2, 0) is 6.54 Å². The number of carbonyl (C=O) groups excluding carboxylic acids is 2. The van der Waals surface area contributed by atoms with Crippen molar-refractivity contribution in [2.24, 2.45) is 0 Å². The Morgan fingerprint density at radius 1 is 0.821 bits per heavy atom. The zero-order chi connectivity index (χ0) is 27.8. The highest BCUT2D eigenvalue weighted by Gasteiger charge is 2.20. The molecule has 9 heteroatoms. The van der Waals surface area contributed by atoms with Crippen LogP contribution in [0.3, 0.4) is 0 Å². The number of amides is 1. The average molecular weight is 532 g/mol. The molecular formula is C30H29NO8. The van der Waals surface area contributed by atoms with E-state index >= 15 is 0 Å². The Kier molecular flexibility index (Phi) is 8.83. The summed E-state index contributed by atoms with van der Waals surface area (Å²) in [5.74, 6) is 0.0736. The van der Waals surface area contributed by atoms with Gasteiger partial charge in [-0.05, 0) is 56.7 Å². The molecule has 4 rings (SSSR count). The van der Waals surface area contributed by atoms with Crippen LogP contribution < -0.4 is 29.9 Å². The van der Waals surface area contributed by atoms with Gasteiger partial charge in [0.25, 0.3) is 5.91 Å². The summed E-state index contributed by atoms with van der Waals surface area (Å²) in [6, 6.07) is 18.4. The molecule has 0 bridgehead atoms. The standard InChI is InChI=1S/C30H29NO8/c1-4-35-25-15-21(16-26(36-5-2)27(25)37-6-3)29(33)38-22-13-12-20-14-23(30(34)39-24(20)17-22)28(32)31-18-19-10-8-7-9-11-19/h7-17H,4-6,18H2,1-3H3,(H,31,32). The molecule has 0 saturated carbocycles. The van der Waals surface area contributed by atoms with Crippen molar-refractivity contribution in [3.63, 3.8) is 0 Å². The molecular weight excluding hydrogens is 502 g/mol. The quantitative estimate of drug-likeness (QED) is 0.161. The zero-order valence-electron chi connectivity index (χ0n) is 21.9. The molecule has 0 radical (unpaired) electrons. The minimum Gasteiger partial charge on any atom is -0.490 e. The van der Waals surface area contributed by atoms with Crippen LogP contribution in [0.5, 0.6) is 23.0 Å². The fraction of sp³-hybridized carbons (Fsp3) is 0.233. The van der Waals surface area contributed by atoms with Gasteiger partial charge in [-0.25, -0.2) is 9.59 Å². The van der Waals surface area contributed by atoms with E-state index in [0.29, 0.717) is 42.5 Å². The first-order valence-corrected chi connectivity index (χ1v) is 12.6. The summed E-state index contributed by atoms with van der Waals surface area (Å²) in [6.07, 6.45) is 0. The molecule has 4 aromatic rings. The SMILES string of the molecule is CCOc1cc(C(=O)Oc2ccc3cc(C(=O)NCc4ccccc4)c(=O)oc3c2)cc(OCC)c1OCC. The van der Waals surface area contributed by atoms with Gasteiger partial charge in [-0.2, -0.15) is 0 Å². The highest BCUT2D eigenvalue weighted by Crippen LogP contribution is 2.39. The number of hydrogen-bond acceptors (Lipinski definition) is 8. The molecule has 1 heterocycles. The molecule has 202 valence electrons. The molecule has 0 fully saturated rings. The van der Waals surface area contributed by atoms with Crippen LogP contribution in [0, 0.1) is 0 Å². The number of hydrogen-bond donors (Lipinski definition) is 1. The van der Waals surface area contributed by atoms with E-state index in [1.165, 1.54) is 24.3 Å². The van der Waals surface area contributed by atoms with Crippen LogP contribution in [0.15, 0.2) is 75.9 Å². The second kappa shape index (κ2) is 12.6. The van der Waals surface area contributed by atoms with Crippen LogP contribution in [0.2, 0.25) is 0 Å². The normalized spacial score (nSPS) is 10.6. The number of rotatable bonds is 11. The van der Waals surface area contributed by atoms with E-state index in [-0.39, 0.29) is 29.0 Å². The predicted molar refractivity (Wildman–Crippen MR) is 145 cm³/mol. The van der Waals surface area contributed by atoms with Crippen molar-refractivity contribution in [2.75, 3.05) is 19.8 Å². The molecule has 0 aliphatic carbocycles. The first-order valence-electron chi connectivity index (χ1n) is 12.6. The highest BCUT2D eigenvalue weighted by atomic mass is 16.5. The largest absolute Gasteiger partial charge is 0.490 e. The average Bonchev–Trinajstić information content (AvgIpc) is 2.93. The van der Waals surface area contributed by atoms with Gasteiger partial charge in [0.2, 0.25) is 5.75 Å². The Morgan fingerprint density at radius 3 is 2.13 bits per heavy atom. The number of fused-ring (bicyclic) bond motifs is 1. The number of carbonyl (C=O) groups is 2. The van der Waals surface area contributed by atoms with Crippen molar-refractivity contribution >= 4 is 22.8 Å². The lowest BCUT2D eigenvalue weighted by Gasteiger charge is -2.16. The number of ether oxygens (including phenoxy) is 4. The van der Waals surface area contributed by atoms with Gasteiger partial charge < -0.3 is 28.7 Å². The maximum absolute atomic E-state index is 13.0. The topological polar surface area (TPSA) is 113 Å². The Hall–Kier alpha value is -4.79. The Bertz CT molecular complexity index is 1500. The summed E-state index contributed by atoms with van der Waals surface area (Å²) in [6.45, 7) is 6.87. The summed E-state index contributed by atoms with van der Waals surface area (Å²) in [5.41, 5.74) is 0.339. The first-order chi connectivity index (χ1) is 18.9. The van der Waals surface area contributed by atoms with Crippen molar-refractivity contribution < 1.29 is 33.0 Å². The number of nitrogens with one attached hydrogen (secondary N) is 1. The van der Waals surface area contributed by atoms with Crippen LogP contribution >= 0.6 is 0 Å². The molecule has 3 aromatic carbocycles. The van der Waals surface area contributed by atoms with Gasteiger partial charge in [-0.15, -0.1) is 0 Å². The van der Waals surface area contributed by atoms with E-state index in [9.17, 15) is 14.4 Å². The van der Waals surface area contributed by atoms with Crippen LogP contribution in [0.25, 0.3) is 11.0 Å². The van der Waals surface area contributed by atoms with Gasteiger partial charge in [0.1, 0.15) is 16.9 Å². The van der Waals surface area contributed by atoms with Crippen LogP contribution in [0.1, 0.15) is 47.1 Å². The van der Waals surface area contributed by atoms with Gasteiger partial charge >= 0.3 is 11.6 Å². The number of esters is 1. The molecule has 39 heavy (non-hydrogen) atoms. The maximum Gasteiger partial charge on any atom is 0.349 e. The summed E-state index contributed by atoms with van der Waals surface area (Å²) < 4.78 is 27.9. The van der Waals surface area contributed by atoms with Crippen molar-refractivity contribution in [1.82, 2.24) is 5.32 Å². The monoisotopic (exact) mass is 531 g/mol. The summed E-state index contributed by atoms with van der Waals surface area (Å²) in [4.78, 5) is 38.2. The van der Waals surface area contributed by atoms with E-state index in [1.54, 1.807) is 12.1 Å². The predicted octanol–water partition coefficient (Wildman–Crippen LogP) is 5.14. The maximum atomic E-state index is 13.0.